The molecule has 3 N–H and O–H groups in total. The molecular weight excluding hydrogens is 398 g/mol. The minimum Gasteiger partial charge on any atom is -0.355 e. The molecule has 3 aromatic rings. The third-order valence-electron chi connectivity index (χ3n) is 4.90. The number of sulfonamides is 1. The number of benzene rings is 1. The maximum absolute atomic E-state index is 12.7. The second-order valence-corrected chi connectivity index (χ2v) is 9.34. The van der Waals surface area contributed by atoms with Crippen molar-refractivity contribution in [3.05, 3.63) is 59.1 Å². The number of carbonyl (C=O) groups excluding carboxylic acids is 1. The van der Waals surface area contributed by atoms with E-state index in [0.717, 1.165) is 23.3 Å². The number of amides is 1. The quantitative estimate of drug-likeness (QED) is 0.613. The Hall–Kier alpha value is -2.49. The van der Waals surface area contributed by atoms with Crippen molar-refractivity contribution in [2.45, 2.75) is 29.6 Å². The van der Waals surface area contributed by atoms with E-state index < -0.39 is 15.4 Å². The van der Waals surface area contributed by atoms with Gasteiger partial charge < -0.3 is 9.84 Å². The van der Waals surface area contributed by atoms with Gasteiger partial charge >= 0.3 is 0 Å². The minimum atomic E-state index is -3.69. The molecule has 0 aliphatic heterocycles. The highest BCUT2D eigenvalue weighted by atomic mass is 32.2. The topological polar surface area (TPSA) is 115 Å². The van der Waals surface area contributed by atoms with Gasteiger partial charge in [0.05, 0.1) is 20.9 Å². The molecule has 0 unspecified atom stereocenters. The average molecular weight is 418 g/mol. The van der Waals surface area contributed by atoms with Crippen molar-refractivity contribution in [2.24, 2.45) is 5.14 Å². The molecular formula is C19H19N3O4S2. The van der Waals surface area contributed by atoms with E-state index in [4.69, 9.17) is 9.66 Å². The third-order valence-corrected chi connectivity index (χ3v) is 6.71. The summed E-state index contributed by atoms with van der Waals surface area (Å²) in [5.41, 5.74) is 0.987. The molecule has 2 heterocycles. The van der Waals surface area contributed by atoms with Crippen LogP contribution in [-0.2, 0) is 26.7 Å². The van der Waals surface area contributed by atoms with Gasteiger partial charge in [-0.1, -0.05) is 23.4 Å². The summed E-state index contributed by atoms with van der Waals surface area (Å²) in [5, 5.41) is 14.1. The van der Waals surface area contributed by atoms with Gasteiger partial charge in [0, 0.05) is 12.6 Å². The normalized spacial score (nSPS) is 15.3. The molecule has 0 saturated heterocycles. The molecule has 0 bridgehead atoms. The lowest BCUT2D eigenvalue weighted by Gasteiger charge is -2.12. The van der Waals surface area contributed by atoms with Gasteiger partial charge in [-0.3, -0.25) is 4.79 Å². The molecule has 2 aromatic heterocycles. The predicted octanol–water partition coefficient (Wildman–Crippen LogP) is 2.44. The number of nitrogens with two attached hydrogens (primary N) is 1. The van der Waals surface area contributed by atoms with Crippen LogP contribution in [0.3, 0.4) is 0 Å². The van der Waals surface area contributed by atoms with Crippen molar-refractivity contribution in [3.63, 3.8) is 0 Å². The minimum absolute atomic E-state index is 0.0558. The van der Waals surface area contributed by atoms with Crippen LogP contribution in [0.1, 0.15) is 24.1 Å². The monoisotopic (exact) mass is 417 g/mol. The van der Waals surface area contributed by atoms with Crippen LogP contribution in [-0.4, -0.2) is 26.0 Å². The Bertz CT molecular complexity index is 1080. The van der Waals surface area contributed by atoms with Crippen LogP contribution in [0.25, 0.3) is 10.6 Å². The summed E-state index contributed by atoms with van der Waals surface area (Å²) < 4.78 is 28.0. The summed E-state index contributed by atoms with van der Waals surface area (Å²) in [6.07, 6.45) is 2.09. The Morgan fingerprint density at radius 3 is 2.61 bits per heavy atom. The Balaban J connectivity index is 1.36. The molecule has 0 atom stereocenters. The highest BCUT2D eigenvalue weighted by Gasteiger charge is 2.53. The summed E-state index contributed by atoms with van der Waals surface area (Å²) in [6, 6.07) is 12.1. The SMILES string of the molecule is NS(=O)(=O)c1ccc(CCNC(=O)C2(c3cc(-c4cccs4)on3)CC2)cc1. The van der Waals surface area contributed by atoms with Gasteiger partial charge in [-0.2, -0.15) is 0 Å². The molecule has 146 valence electrons. The molecule has 1 aromatic carbocycles. The zero-order chi connectivity index (χ0) is 19.8. The van der Waals surface area contributed by atoms with Crippen LogP contribution in [0.15, 0.2) is 57.3 Å². The van der Waals surface area contributed by atoms with Crippen molar-refractivity contribution >= 4 is 27.3 Å². The largest absolute Gasteiger partial charge is 0.355 e. The summed E-state index contributed by atoms with van der Waals surface area (Å²) in [7, 11) is -3.69. The second-order valence-electron chi connectivity index (χ2n) is 6.83. The van der Waals surface area contributed by atoms with Crippen molar-refractivity contribution in [1.82, 2.24) is 10.5 Å². The lowest BCUT2D eigenvalue weighted by Crippen LogP contribution is -2.36. The van der Waals surface area contributed by atoms with Gasteiger partial charge in [0.2, 0.25) is 15.9 Å². The number of rotatable bonds is 7. The molecule has 1 aliphatic rings. The lowest BCUT2D eigenvalue weighted by atomic mass is 10.0. The van der Waals surface area contributed by atoms with E-state index in [1.54, 1.807) is 23.5 Å². The van der Waals surface area contributed by atoms with E-state index in [0.29, 0.717) is 24.4 Å². The van der Waals surface area contributed by atoms with Gasteiger partial charge in [0.25, 0.3) is 0 Å². The van der Waals surface area contributed by atoms with Crippen LogP contribution in [0, 0.1) is 0 Å². The Morgan fingerprint density at radius 2 is 2.00 bits per heavy atom. The van der Waals surface area contributed by atoms with E-state index >= 15 is 0 Å². The summed E-state index contributed by atoms with van der Waals surface area (Å²) in [6.45, 7) is 0.449. The van der Waals surface area contributed by atoms with Crippen LogP contribution in [0.2, 0.25) is 0 Å². The smallest absolute Gasteiger partial charge is 0.238 e. The van der Waals surface area contributed by atoms with E-state index in [2.05, 4.69) is 10.5 Å². The fraction of sp³-hybridized carbons (Fsp3) is 0.263. The third kappa shape index (κ3) is 3.73. The molecule has 9 heteroatoms. The summed E-state index contributed by atoms with van der Waals surface area (Å²) in [4.78, 5) is 13.8. The molecule has 7 nitrogen and oxygen atoms in total. The van der Waals surface area contributed by atoms with E-state index in [9.17, 15) is 13.2 Å². The van der Waals surface area contributed by atoms with Crippen molar-refractivity contribution in [2.75, 3.05) is 6.54 Å². The van der Waals surface area contributed by atoms with Gasteiger partial charge in [0.15, 0.2) is 5.76 Å². The van der Waals surface area contributed by atoms with E-state index in [1.807, 2.05) is 23.6 Å². The first-order valence-corrected chi connectivity index (χ1v) is 11.2. The molecule has 1 saturated carbocycles. The number of primary sulfonamides is 1. The number of hydrogen-bond donors (Lipinski definition) is 2. The van der Waals surface area contributed by atoms with Crippen LogP contribution in [0.4, 0.5) is 0 Å². The Labute approximate surface area is 166 Å². The first-order chi connectivity index (χ1) is 13.4. The number of nitrogens with one attached hydrogen (secondary N) is 1. The van der Waals surface area contributed by atoms with Gasteiger partial charge in [-0.15, -0.1) is 11.3 Å². The first kappa shape index (κ1) is 18.9. The molecule has 0 spiro atoms. The van der Waals surface area contributed by atoms with Crippen molar-refractivity contribution in [1.29, 1.82) is 0 Å². The van der Waals surface area contributed by atoms with E-state index in [-0.39, 0.29) is 10.8 Å². The fourth-order valence-corrected chi connectivity index (χ4v) is 4.28. The molecule has 0 radical (unpaired) electrons. The zero-order valence-corrected chi connectivity index (χ0v) is 16.6. The highest BCUT2D eigenvalue weighted by molar-refractivity contribution is 7.89. The average Bonchev–Trinajstić information content (AvgIpc) is 3.08. The van der Waals surface area contributed by atoms with E-state index in [1.165, 1.54) is 12.1 Å². The Kier molecular flexibility index (Phi) is 4.82. The second kappa shape index (κ2) is 7.16. The molecule has 4 rings (SSSR count). The van der Waals surface area contributed by atoms with Crippen LogP contribution < -0.4 is 10.5 Å². The molecule has 1 aliphatic carbocycles. The van der Waals surface area contributed by atoms with Crippen molar-refractivity contribution in [3.8, 4) is 10.6 Å². The number of aromatic nitrogens is 1. The number of thiophene rings is 1. The first-order valence-electron chi connectivity index (χ1n) is 8.80. The fourth-order valence-electron chi connectivity index (χ4n) is 3.10. The molecule has 28 heavy (non-hydrogen) atoms. The van der Waals surface area contributed by atoms with Crippen LogP contribution in [0.5, 0.6) is 0 Å². The van der Waals surface area contributed by atoms with Crippen molar-refractivity contribution < 1.29 is 17.7 Å². The van der Waals surface area contributed by atoms with Gasteiger partial charge in [-0.05, 0) is 48.4 Å². The van der Waals surface area contributed by atoms with Gasteiger partial charge in [-0.25, -0.2) is 13.6 Å². The maximum atomic E-state index is 12.7. The van der Waals surface area contributed by atoms with Gasteiger partial charge in [0.1, 0.15) is 0 Å². The standard InChI is InChI=1S/C19H19N3O4S2/c20-28(24,25)14-5-3-13(4-6-14)7-10-21-18(23)19(8-9-19)17-12-15(26-22-17)16-2-1-11-27-16/h1-6,11-12H,7-10H2,(H,21,23)(H2,20,24,25). The summed E-state index contributed by atoms with van der Waals surface area (Å²) in [5.74, 6) is 0.624. The zero-order valence-electron chi connectivity index (χ0n) is 14.9. The molecule has 1 amide bonds. The lowest BCUT2D eigenvalue weighted by molar-refractivity contribution is -0.123. The summed E-state index contributed by atoms with van der Waals surface area (Å²) >= 11 is 1.56. The van der Waals surface area contributed by atoms with Crippen LogP contribution >= 0.6 is 11.3 Å². The maximum Gasteiger partial charge on any atom is 0.238 e. The number of nitrogens with zero attached hydrogens (tertiary/aromatic N) is 1. The highest BCUT2D eigenvalue weighted by Crippen LogP contribution is 2.48. The number of carbonyl (C=O) groups is 1. The predicted molar refractivity (Wildman–Crippen MR) is 105 cm³/mol. The Morgan fingerprint density at radius 1 is 1.25 bits per heavy atom. The molecule has 1 fully saturated rings. The number of hydrogen-bond acceptors (Lipinski definition) is 6.